The minimum Gasteiger partial charge on any atom is -0.492 e. The number of hydrogen-bond donors (Lipinski definition) is 2. The Morgan fingerprint density at radius 2 is 2.28 bits per heavy atom. The van der Waals surface area contributed by atoms with Gasteiger partial charge >= 0.3 is 6.03 Å². The number of carbonyl (C=O) groups excluding carboxylic acids is 1. The maximum Gasteiger partial charge on any atom is 0.332 e. The first-order valence-electron chi connectivity index (χ1n) is 5.25. The quantitative estimate of drug-likeness (QED) is 0.610. The third kappa shape index (κ3) is 4.66. The van der Waals surface area contributed by atoms with E-state index in [0.29, 0.717) is 12.4 Å². The second-order valence-electron chi connectivity index (χ2n) is 3.39. The van der Waals surface area contributed by atoms with Crippen LogP contribution >= 0.6 is 31.9 Å². The molecule has 0 atom stereocenters. The van der Waals surface area contributed by atoms with Gasteiger partial charge in [-0.2, -0.15) is 5.10 Å². The Hall–Kier alpha value is -1.08. The van der Waals surface area contributed by atoms with Crippen molar-refractivity contribution in [1.29, 1.82) is 0 Å². The third-order valence-corrected chi connectivity index (χ3v) is 2.91. The second-order valence-corrected chi connectivity index (χ2v) is 5.16. The highest BCUT2D eigenvalue weighted by atomic mass is 79.9. The molecule has 3 N–H and O–H groups in total. The van der Waals surface area contributed by atoms with Crippen molar-refractivity contribution in [2.45, 2.75) is 13.3 Å². The number of urea groups is 1. The van der Waals surface area contributed by atoms with E-state index in [0.717, 1.165) is 20.9 Å². The lowest BCUT2D eigenvalue weighted by Gasteiger charge is -2.10. The van der Waals surface area contributed by atoms with E-state index in [4.69, 9.17) is 10.5 Å². The number of ether oxygens (including phenoxy) is 1. The Labute approximate surface area is 122 Å². The lowest BCUT2D eigenvalue weighted by molar-refractivity contribution is 0.249. The normalized spacial score (nSPS) is 10.6. The number of hydrazone groups is 1. The molecule has 98 valence electrons. The van der Waals surface area contributed by atoms with Gasteiger partial charge in [-0.1, -0.05) is 22.9 Å². The van der Waals surface area contributed by atoms with E-state index < -0.39 is 6.03 Å². The summed E-state index contributed by atoms with van der Waals surface area (Å²) in [5.74, 6) is 0.676. The second kappa shape index (κ2) is 7.38. The van der Waals surface area contributed by atoms with Gasteiger partial charge in [0.2, 0.25) is 0 Å². The number of carbonyl (C=O) groups is 1. The summed E-state index contributed by atoms with van der Waals surface area (Å²) in [6.07, 6.45) is 2.38. The molecule has 0 aliphatic heterocycles. The minimum atomic E-state index is -0.712. The summed E-state index contributed by atoms with van der Waals surface area (Å²) in [5.41, 5.74) is 7.79. The summed E-state index contributed by atoms with van der Waals surface area (Å²) in [6, 6.07) is 3.00. The number of hydrogen-bond acceptors (Lipinski definition) is 3. The van der Waals surface area contributed by atoms with Crippen molar-refractivity contribution in [2.24, 2.45) is 10.8 Å². The summed E-state index contributed by atoms with van der Waals surface area (Å²) in [5, 5.41) is 3.72. The molecule has 7 heteroatoms. The highest BCUT2D eigenvalue weighted by Crippen LogP contribution is 2.32. The largest absolute Gasteiger partial charge is 0.492 e. The van der Waals surface area contributed by atoms with Crippen LogP contribution in [0.25, 0.3) is 0 Å². The molecule has 1 aromatic rings. The van der Waals surface area contributed by atoms with Gasteiger partial charge in [0.05, 0.1) is 17.3 Å². The van der Waals surface area contributed by atoms with E-state index in [1.54, 1.807) is 0 Å². The maximum absolute atomic E-state index is 10.5. The lowest BCUT2D eigenvalue weighted by Crippen LogP contribution is -2.24. The zero-order valence-corrected chi connectivity index (χ0v) is 12.9. The molecule has 1 aromatic carbocycles. The fourth-order valence-electron chi connectivity index (χ4n) is 1.20. The fraction of sp³-hybridized carbons (Fsp3) is 0.273. The maximum atomic E-state index is 10.5. The van der Waals surface area contributed by atoms with E-state index in [1.807, 2.05) is 19.1 Å². The van der Waals surface area contributed by atoms with Crippen LogP contribution in [0, 0.1) is 0 Å². The summed E-state index contributed by atoms with van der Waals surface area (Å²) >= 11 is 6.80. The van der Waals surface area contributed by atoms with Crippen LogP contribution in [0.3, 0.4) is 0 Å². The molecule has 0 saturated carbocycles. The van der Waals surface area contributed by atoms with Crippen LogP contribution in [0.4, 0.5) is 4.79 Å². The number of nitrogens with zero attached hydrogens (tertiary/aromatic N) is 1. The summed E-state index contributed by atoms with van der Waals surface area (Å²) in [6.45, 7) is 2.62. The van der Waals surface area contributed by atoms with Gasteiger partial charge < -0.3 is 10.5 Å². The molecule has 0 fully saturated rings. The van der Waals surface area contributed by atoms with E-state index in [1.165, 1.54) is 6.21 Å². The Balaban J connectivity index is 2.99. The zero-order valence-electron chi connectivity index (χ0n) is 9.74. The first-order valence-corrected chi connectivity index (χ1v) is 6.83. The van der Waals surface area contributed by atoms with Crippen molar-refractivity contribution in [1.82, 2.24) is 5.43 Å². The average Bonchev–Trinajstić information content (AvgIpc) is 2.27. The number of nitrogens with one attached hydrogen (secondary N) is 1. The van der Waals surface area contributed by atoms with Crippen molar-refractivity contribution in [3.63, 3.8) is 0 Å². The number of primary amides is 1. The minimum absolute atomic E-state index is 0.602. The first kappa shape index (κ1) is 15.0. The van der Waals surface area contributed by atoms with Crippen LogP contribution in [0.1, 0.15) is 18.9 Å². The molecule has 0 radical (unpaired) electrons. The van der Waals surface area contributed by atoms with E-state index in [9.17, 15) is 4.79 Å². The third-order valence-electron chi connectivity index (χ3n) is 1.87. The lowest BCUT2D eigenvalue weighted by atomic mass is 10.2. The van der Waals surface area contributed by atoms with E-state index in [2.05, 4.69) is 42.4 Å². The van der Waals surface area contributed by atoms with Crippen molar-refractivity contribution < 1.29 is 9.53 Å². The molecule has 2 amide bonds. The molecular formula is C11H13Br2N3O2. The predicted octanol–water partition coefficient (Wildman–Crippen LogP) is 3.00. The van der Waals surface area contributed by atoms with Gasteiger partial charge in [-0.3, -0.25) is 0 Å². The van der Waals surface area contributed by atoms with Gasteiger partial charge in [-0.15, -0.1) is 0 Å². The molecule has 0 aromatic heterocycles. The van der Waals surface area contributed by atoms with E-state index in [-0.39, 0.29) is 0 Å². The van der Waals surface area contributed by atoms with Gasteiger partial charge in [-0.25, -0.2) is 10.2 Å². The zero-order chi connectivity index (χ0) is 13.5. The van der Waals surface area contributed by atoms with Gasteiger partial charge in [0.25, 0.3) is 0 Å². The Morgan fingerprint density at radius 3 is 2.89 bits per heavy atom. The number of rotatable bonds is 5. The molecular weight excluding hydrogens is 366 g/mol. The van der Waals surface area contributed by atoms with Crippen molar-refractivity contribution in [3.8, 4) is 5.75 Å². The number of halogens is 2. The highest BCUT2D eigenvalue weighted by Gasteiger charge is 2.08. The van der Waals surface area contributed by atoms with Gasteiger partial charge in [0.15, 0.2) is 0 Å². The summed E-state index contributed by atoms with van der Waals surface area (Å²) in [7, 11) is 0. The number of nitrogens with two attached hydrogens (primary N) is 1. The fourth-order valence-corrected chi connectivity index (χ4v) is 2.57. The number of benzene rings is 1. The molecule has 0 unspecified atom stereocenters. The SMILES string of the molecule is CCCOc1c(Br)cc(Br)cc1C=NNC(N)=O. The van der Waals surface area contributed by atoms with Crippen molar-refractivity contribution in [3.05, 3.63) is 26.6 Å². The van der Waals surface area contributed by atoms with Crippen LogP contribution in [0.15, 0.2) is 26.2 Å². The molecule has 0 heterocycles. The highest BCUT2D eigenvalue weighted by molar-refractivity contribution is 9.11. The number of amides is 2. The Kier molecular flexibility index (Phi) is 6.14. The molecule has 0 bridgehead atoms. The molecule has 0 aliphatic rings. The average molecular weight is 379 g/mol. The molecule has 18 heavy (non-hydrogen) atoms. The molecule has 0 saturated heterocycles. The van der Waals surface area contributed by atoms with Crippen LogP contribution in [0.2, 0.25) is 0 Å². The molecule has 0 spiro atoms. The molecule has 5 nitrogen and oxygen atoms in total. The topological polar surface area (TPSA) is 76.7 Å². The summed E-state index contributed by atoms with van der Waals surface area (Å²) in [4.78, 5) is 10.5. The van der Waals surface area contributed by atoms with Crippen LogP contribution < -0.4 is 15.9 Å². The van der Waals surface area contributed by atoms with Crippen molar-refractivity contribution >= 4 is 44.1 Å². The van der Waals surface area contributed by atoms with Crippen LogP contribution in [-0.4, -0.2) is 18.9 Å². The predicted molar refractivity (Wildman–Crippen MR) is 77.9 cm³/mol. The van der Waals surface area contributed by atoms with Crippen LogP contribution in [-0.2, 0) is 0 Å². The molecule has 1 rings (SSSR count). The smallest absolute Gasteiger partial charge is 0.332 e. The van der Waals surface area contributed by atoms with Crippen molar-refractivity contribution in [2.75, 3.05) is 6.61 Å². The Morgan fingerprint density at radius 1 is 1.56 bits per heavy atom. The standard InChI is InChI=1S/C11H13Br2N3O2/c1-2-3-18-10-7(6-15-16-11(14)17)4-8(12)5-9(10)13/h4-6H,2-3H2,1H3,(H3,14,16,17). The van der Waals surface area contributed by atoms with Crippen LogP contribution in [0.5, 0.6) is 5.75 Å². The van der Waals surface area contributed by atoms with Gasteiger partial charge in [0, 0.05) is 10.0 Å². The van der Waals surface area contributed by atoms with E-state index >= 15 is 0 Å². The molecule has 0 aliphatic carbocycles. The van der Waals surface area contributed by atoms with Gasteiger partial charge in [0.1, 0.15) is 5.75 Å². The Bertz CT molecular complexity index is 464. The first-order chi connectivity index (χ1) is 8.54. The monoisotopic (exact) mass is 377 g/mol. The van der Waals surface area contributed by atoms with Gasteiger partial charge in [-0.05, 0) is 34.5 Å². The summed E-state index contributed by atoms with van der Waals surface area (Å²) < 4.78 is 7.31.